The average molecular weight is 380 g/mol. The number of anilines is 2. The lowest BCUT2D eigenvalue weighted by atomic mass is 9.95. The number of piperidine rings is 1. The Morgan fingerprint density at radius 1 is 1.00 bits per heavy atom. The van der Waals surface area contributed by atoms with Gasteiger partial charge in [0.25, 0.3) is 0 Å². The Morgan fingerprint density at radius 3 is 2.36 bits per heavy atom. The molecule has 0 saturated carbocycles. The van der Waals surface area contributed by atoms with E-state index >= 15 is 0 Å². The third-order valence-electron chi connectivity index (χ3n) is 5.52. The normalized spacial score (nSPS) is 18.3. The summed E-state index contributed by atoms with van der Waals surface area (Å²) in [6.07, 6.45) is 1.76. The quantitative estimate of drug-likeness (QED) is 0.826. The van der Waals surface area contributed by atoms with Crippen LogP contribution in [0.1, 0.15) is 30.9 Å². The zero-order valence-electron chi connectivity index (χ0n) is 16.9. The number of carbonyl (C=O) groups is 2. The molecule has 0 aliphatic carbocycles. The highest BCUT2D eigenvalue weighted by Crippen LogP contribution is 2.23. The number of amides is 2. The SMILES string of the molecule is Cc1cccc(C)c1NC(=O)[C@H](C)N1CCC[C@H](C(=O)Nc2ccccc2)C1. The predicted molar refractivity (Wildman–Crippen MR) is 113 cm³/mol. The van der Waals surface area contributed by atoms with Crippen LogP contribution in [-0.4, -0.2) is 35.8 Å². The number of aryl methyl sites for hydroxylation is 2. The monoisotopic (exact) mass is 379 g/mol. The fourth-order valence-corrected chi connectivity index (χ4v) is 3.74. The van der Waals surface area contributed by atoms with E-state index in [-0.39, 0.29) is 23.8 Å². The van der Waals surface area contributed by atoms with E-state index in [1.54, 1.807) is 0 Å². The van der Waals surface area contributed by atoms with Crippen molar-refractivity contribution in [3.05, 3.63) is 59.7 Å². The van der Waals surface area contributed by atoms with Crippen molar-refractivity contribution in [2.24, 2.45) is 5.92 Å². The molecule has 148 valence electrons. The van der Waals surface area contributed by atoms with Crippen molar-refractivity contribution in [2.75, 3.05) is 23.7 Å². The summed E-state index contributed by atoms with van der Waals surface area (Å²) in [4.78, 5) is 27.6. The summed E-state index contributed by atoms with van der Waals surface area (Å²) < 4.78 is 0. The molecule has 2 amide bonds. The van der Waals surface area contributed by atoms with Crippen molar-refractivity contribution in [2.45, 2.75) is 39.7 Å². The molecule has 0 radical (unpaired) electrons. The molecule has 1 aliphatic rings. The highest BCUT2D eigenvalue weighted by molar-refractivity contribution is 5.96. The van der Waals surface area contributed by atoms with Crippen LogP contribution in [0.15, 0.2) is 48.5 Å². The molecule has 28 heavy (non-hydrogen) atoms. The van der Waals surface area contributed by atoms with Gasteiger partial charge in [0, 0.05) is 17.9 Å². The molecule has 0 bridgehead atoms. The maximum Gasteiger partial charge on any atom is 0.241 e. The van der Waals surface area contributed by atoms with Crippen LogP contribution in [-0.2, 0) is 9.59 Å². The smallest absolute Gasteiger partial charge is 0.241 e. The van der Waals surface area contributed by atoms with E-state index in [1.807, 2.05) is 69.3 Å². The minimum atomic E-state index is -0.286. The fourth-order valence-electron chi connectivity index (χ4n) is 3.74. The van der Waals surface area contributed by atoms with Gasteiger partial charge in [0.15, 0.2) is 0 Å². The van der Waals surface area contributed by atoms with Gasteiger partial charge < -0.3 is 10.6 Å². The number of benzene rings is 2. The molecule has 2 atom stereocenters. The molecule has 2 N–H and O–H groups in total. The van der Waals surface area contributed by atoms with E-state index in [1.165, 1.54) is 0 Å². The number of nitrogens with one attached hydrogen (secondary N) is 2. The first kappa shape index (κ1) is 20.1. The van der Waals surface area contributed by atoms with Crippen LogP contribution >= 0.6 is 0 Å². The Morgan fingerprint density at radius 2 is 1.68 bits per heavy atom. The maximum absolute atomic E-state index is 12.8. The summed E-state index contributed by atoms with van der Waals surface area (Å²) >= 11 is 0. The molecule has 2 aromatic carbocycles. The van der Waals surface area contributed by atoms with Gasteiger partial charge in [0.05, 0.1) is 12.0 Å². The number of likely N-dealkylation sites (tertiary alicyclic amines) is 1. The molecular formula is C23H29N3O2. The van der Waals surface area contributed by atoms with Gasteiger partial charge in [0.2, 0.25) is 11.8 Å². The molecule has 0 aromatic heterocycles. The lowest BCUT2D eigenvalue weighted by Gasteiger charge is -2.35. The summed E-state index contributed by atoms with van der Waals surface area (Å²) in [5.74, 6) is -0.107. The third-order valence-corrected chi connectivity index (χ3v) is 5.52. The minimum Gasteiger partial charge on any atom is -0.326 e. The molecule has 0 spiro atoms. The van der Waals surface area contributed by atoms with Gasteiger partial charge in [-0.05, 0) is 63.4 Å². The molecule has 1 heterocycles. The molecule has 0 unspecified atom stereocenters. The molecule has 2 aromatic rings. The molecular weight excluding hydrogens is 350 g/mol. The van der Waals surface area contributed by atoms with Gasteiger partial charge in [-0.25, -0.2) is 0 Å². The van der Waals surface area contributed by atoms with Crippen LogP contribution in [0.25, 0.3) is 0 Å². The Balaban J connectivity index is 1.61. The van der Waals surface area contributed by atoms with Crippen molar-refractivity contribution in [1.29, 1.82) is 0 Å². The molecule has 3 rings (SSSR count). The summed E-state index contributed by atoms with van der Waals surface area (Å²) in [5.41, 5.74) is 3.80. The van der Waals surface area contributed by atoms with Gasteiger partial charge in [-0.15, -0.1) is 0 Å². The first-order valence-electron chi connectivity index (χ1n) is 9.92. The van der Waals surface area contributed by atoms with Crippen molar-refractivity contribution in [3.63, 3.8) is 0 Å². The zero-order chi connectivity index (χ0) is 20.1. The largest absolute Gasteiger partial charge is 0.326 e. The van der Waals surface area contributed by atoms with E-state index in [9.17, 15) is 9.59 Å². The molecule has 1 aliphatic heterocycles. The first-order chi connectivity index (χ1) is 13.5. The summed E-state index contributed by atoms with van der Waals surface area (Å²) in [5, 5.41) is 6.07. The molecule has 1 saturated heterocycles. The third kappa shape index (κ3) is 4.78. The number of hydrogen-bond acceptors (Lipinski definition) is 3. The summed E-state index contributed by atoms with van der Waals surface area (Å²) in [6, 6.07) is 15.2. The second-order valence-electron chi connectivity index (χ2n) is 7.62. The van der Waals surface area contributed by atoms with E-state index in [0.717, 1.165) is 41.9 Å². The van der Waals surface area contributed by atoms with Gasteiger partial charge in [-0.2, -0.15) is 0 Å². The van der Waals surface area contributed by atoms with E-state index in [0.29, 0.717) is 6.54 Å². The Hall–Kier alpha value is -2.66. The van der Waals surface area contributed by atoms with Crippen LogP contribution in [0, 0.1) is 19.8 Å². The van der Waals surface area contributed by atoms with Crippen molar-refractivity contribution in [3.8, 4) is 0 Å². The van der Waals surface area contributed by atoms with Crippen LogP contribution in [0.3, 0.4) is 0 Å². The Bertz CT molecular complexity index is 815. The lowest BCUT2D eigenvalue weighted by Crippen LogP contribution is -2.49. The van der Waals surface area contributed by atoms with Gasteiger partial charge in [0.1, 0.15) is 0 Å². The number of nitrogens with zero attached hydrogens (tertiary/aromatic N) is 1. The van der Waals surface area contributed by atoms with E-state index in [4.69, 9.17) is 0 Å². The Labute approximate surface area is 167 Å². The molecule has 1 fully saturated rings. The van der Waals surface area contributed by atoms with Crippen LogP contribution in [0.2, 0.25) is 0 Å². The second kappa shape index (κ2) is 9.02. The minimum absolute atomic E-state index is 0.0262. The predicted octanol–water partition coefficient (Wildman–Crippen LogP) is 3.98. The zero-order valence-corrected chi connectivity index (χ0v) is 16.9. The highest BCUT2D eigenvalue weighted by Gasteiger charge is 2.31. The van der Waals surface area contributed by atoms with Crippen molar-refractivity contribution in [1.82, 2.24) is 4.90 Å². The number of hydrogen-bond donors (Lipinski definition) is 2. The van der Waals surface area contributed by atoms with Gasteiger partial charge in [-0.1, -0.05) is 36.4 Å². The standard InChI is InChI=1S/C23H29N3O2/c1-16-9-7-10-17(2)21(16)25-22(27)18(3)26-14-8-11-19(15-26)23(28)24-20-12-5-4-6-13-20/h4-7,9-10,12-13,18-19H,8,11,14-15H2,1-3H3,(H,24,28)(H,25,27)/t18-,19-/m0/s1. The van der Waals surface area contributed by atoms with Crippen molar-refractivity contribution >= 4 is 23.2 Å². The van der Waals surface area contributed by atoms with Crippen molar-refractivity contribution < 1.29 is 9.59 Å². The van der Waals surface area contributed by atoms with E-state index in [2.05, 4.69) is 15.5 Å². The van der Waals surface area contributed by atoms with Crippen LogP contribution in [0.4, 0.5) is 11.4 Å². The topological polar surface area (TPSA) is 61.4 Å². The average Bonchev–Trinajstić information content (AvgIpc) is 2.71. The fraction of sp³-hybridized carbons (Fsp3) is 0.391. The highest BCUT2D eigenvalue weighted by atomic mass is 16.2. The number of carbonyl (C=O) groups excluding carboxylic acids is 2. The summed E-state index contributed by atoms with van der Waals surface area (Å²) in [6.45, 7) is 7.34. The first-order valence-corrected chi connectivity index (χ1v) is 9.92. The molecule has 5 heteroatoms. The number of para-hydroxylation sites is 2. The summed E-state index contributed by atoms with van der Waals surface area (Å²) in [7, 11) is 0. The van der Waals surface area contributed by atoms with Gasteiger partial charge >= 0.3 is 0 Å². The Kier molecular flexibility index (Phi) is 6.47. The number of rotatable bonds is 5. The second-order valence-corrected chi connectivity index (χ2v) is 7.62. The maximum atomic E-state index is 12.8. The van der Waals surface area contributed by atoms with E-state index < -0.39 is 0 Å². The lowest BCUT2D eigenvalue weighted by molar-refractivity contribution is -0.125. The van der Waals surface area contributed by atoms with Crippen LogP contribution < -0.4 is 10.6 Å². The van der Waals surface area contributed by atoms with Gasteiger partial charge in [-0.3, -0.25) is 14.5 Å². The molecule has 5 nitrogen and oxygen atoms in total. The van der Waals surface area contributed by atoms with Crippen LogP contribution in [0.5, 0.6) is 0 Å².